The van der Waals surface area contributed by atoms with Gasteiger partial charge in [-0.2, -0.15) is 0 Å². The molecule has 0 aliphatic heterocycles. The molecule has 0 fully saturated rings. The summed E-state index contributed by atoms with van der Waals surface area (Å²) in [5.41, 5.74) is 11.0. The average molecular weight is 619 g/mol. The van der Waals surface area contributed by atoms with Crippen molar-refractivity contribution in [1.29, 1.82) is 0 Å². The van der Waals surface area contributed by atoms with Crippen LogP contribution in [-0.4, -0.2) is 14.2 Å². The summed E-state index contributed by atoms with van der Waals surface area (Å²) in [6.45, 7) is 0. The lowest BCUT2D eigenvalue weighted by atomic mass is 9.86. The summed E-state index contributed by atoms with van der Waals surface area (Å²) in [5, 5.41) is 4.50. The van der Waals surface area contributed by atoms with Crippen LogP contribution >= 0.6 is 0 Å². The summed E-state index contributed by atoms with van der Waals surface area (Å²) in [6, 6.07) is 60.1. The highest BCUT2D eigenvalue weighted by Crippen LogP contribution is 2.52. The van der Waals surface area contributed by atoms with Crippen LogP contribution in [0.25, 0.3) is 77.2 Å². The van der Waals surface area contributed by atoms with Crippen molar-refractivity contribution < 1.29 is 9.47 Å². The maximum Gasteiger partial charge on any atom is 0.135 e. The van der Waals surface area contributed by atoms with E-state index in [4.69, 9.17) is 9.47 Å². The maximum atomic E-state index is 6.41. The molecule has 0 spiro atoms. The van der Waals surface area contributed by atoms with Gasteiger partial charge in [-0.1, -0.05) is 158 Å². The third-order valence-electron chi connectivity index (χ3n) is 9.27. The third kappa shape index (κ3) is 5.18. The fraction of sp³-hybridized carbons (Fsp3) is 0.0435. The van der Waals surface area contributed by atoms with E-state index in [9.17, 15) is 0 Å². The second-order valence-electron chi connectivity index (χ2n) is 12.0. The molecule has 0 aliphatic carbocycles. The first-order chi connectivity index (χ1) is 23.7. The van der Waals surface area contributed by atoms with E-state index in [0.29, 0.717) is 0 Å². The Labute approximate surface area is 281 Å². The first-order valence-corrected chi connectivity index (χ1v) is 16.2. The van der Waals surface area contributed by atoms with E-state index in [1.54, 1.807) is 14.2 Å². The molecule has 8 rings (SSSR count). The van der Waals surface area contributed by atoms with Crippen LogP contribution in [0.15, 0.2) is 170 Å². The normalized spacial score (nSPS) is 11.1. The van der Waals surface area contributed by atoms with Crippen molar-refractivity contribution in [3.63, 3.8) is 0 Å². The van der Waals surface area contributed by atoms with Crippen molar-refractivity contribution in [2.45, 2.75) is 0 Å². The molecular formula is C46H34O2. The van der Waals surface area contributed by atoms with E-state index in [1.165, 1.54) is 22.3 Å². The monoisotopic (exact) mass is 618 g/mol. The number of ether oxygens (including phenoxy) is 2. The minimum Gasteiger partial charge on any atom is -0.495 e. The molecule has 0 atom stereocenters. The van der Waals surface area contributed by atoms with Crippen molar-refractivity contribution in [3.05, 3.63) is 170 Å². The van der Waals surface area contributed by atoms with Crippen molar-refractivity contribution in [1.82, 2.24) is 0 Å². The van der Waals surface area contributed by atoms with Crippen LogP contribution in [0.3, 0.4) is 0 Å². The van der Waals surface area contributed by atoms with Crippen LogP contribution in [0.2, 0.25) is 0 Å². The van der Waals surface area contributed by atoms with Gasteiger partial charge in [0, 0.05) is 22.3 Å². The van der Waals surface area contributed by atoms with Crippen LogP contribution < -0.4 is 9.47 Å². The number of fused-ring (bicyclic) bond motifs is 2. The van der Waals surface area contributed by atoms with E-state index in [0.717, 1.165) is 66.4 Å². The van der Waals surface area contributed by atoms with Gasteiger partial charge >= 0.3 is 0 Å². The average Bonchev–Trinajstić information content (AvgIpc) is 3.17. The molecule has 2 nitrogen and oxygen atoms in total. The lowest BCUT2D eigenvalue weighted by Gasteiger charge is -2.23. The Morgan fingerprint density at radius 3 is 1.00 bits per heavy atom. The van der Waals surface area contributed by atoms with E-state index in [-0.39, 0.29) is 0 Å². The summed E-state index contributed by atoms with van der Waals surface area (Å²) >= 11 is 0. The van der Waals surface area contributed by atoms with Crippen LogP contribution in [0, 0.1) is 0 Å². The highest BCUT2D eigenvalue weighted by molar-refractivity contribution is 6.14. The Morgan fingerprint density at radius 1 is 0.312 bits per heavy atom. The van der Waals surface area contributed by atoms with Gasteiger partial charge in [0.25, 0.3) is 0 Å². The SMILES string of the molecule is COc1c(-c2ccc(-c3ccccc3)cc2)cc2ccccc2c1-c1c(OC)c(-c2ccc(-c3ccccc3)cc2)cc2ccccc12. The quantitative estimate of drug-likeness (QED) is 0.177. The molecule has 0 unspecified atom stereocenters. The number of methoxy groups -OCH3 is 2. The van der Waals surface area contributed by atoms with Gasteiger partial charge in [0.2, 0.25) is 0 Å². The zero-order valence-corrected chi connectivity index (χ0v) is 27.0. The fourth-order valence-electron chi connectivity index (χ4n) is 6.95. The van der Waals surface area contributed by atoms with Gasteiger partial charge < -0.3 is 9.47 Å². The molecule has 0 N–H and O–H groups in total. The van der Waals surface area contributed by atoms with Gasteiger partial charge in [-0.3, -0.25) is 0 Å². The van der Waals surface area contributed by atoms with E-state index in [1.807, 2.05) is 12.1 Å². The summed E-state index contributed by atoms with van der Waals surface area (Å²) < 4.78 is 12.8. The number of hydrogen-bond donors (Lipinski definition) is 0. The summed E-state index contributed by atoms with van der Waals surface area (Å²) in [5.74, 6) is 1.64. The Hall–Kier alpha value is -6.12. The molecule has 0 saturated carbocycles. The highest BCUT2D eigenvalue weighted by Gasteiger charge is 2.24. The van der Waals surface area contributed by atoms with Gasteiger partial charge in [-0.15, -0.1) is 0 Å². The Morgan fingerprint density at radius 2 is 0.625 bits per heavy atom. The van der Waals surface area contributed by atoms with Gasteiger partial charge in [0.1, 0.15) is 11.5 Å². The van der Waals surface area contributed by atoms with Gasteiger partial charge in [0.05, 0.1) is 14.2 Å². The molecule has 230 valence electrons. The Balaban J connectivity index is 1.38. The molecule has 8 aromatic rings. The molecule has 0 aromatic heterocycles. The fourth-order valence-corrected chi connectivity index (χ4v) is 6.95. The largest absolute Gasteiger partial charge is 0.495 e. The topological polar surface area (TPSA) is 18.5 Å². The molecular weight excluding hydrogens is 585 g/mol. The Bertz CT molecular complexity index is 2200. The summed E-state index contributed by atoms with van der Waals surface area (Å²) in [6.07, 6.45) is 0. The van der Waals surface area contributed by atoms with Crippen molar-refractivity contribution in [2.24, 2.45) is 0 Å². The predicted octanol–water partition coefficient (Wildman–Crippen LogP) is 12.3. The summed E-state index contributed by atoms with van der Waals surface area (Å²) in [4.78, 5) is 0. The van der Waals surface area contributed by atoms with Crippen molar-refractivity contribution in [2.75, 3.05) is 14.2 Å². The first-order valence-electron chi connectivity index (χ1n) is 16.2. The lowest BCUT2D eigenvalue weighted by Crippen LogP contribution is -1.99. The Kier molecular flexibility index (Phi) is 7.68. The summed E-state index contributed by atoms with van der Waals surface area (Å²) in [7, 11) is 3.55. The number of rotatable bonds is 7. The molecule has 0 amide bonds. The second kappa shape index (κ2) is 12.6. The van der Waals surface area contributed by atoms with Crippen molar-refractivity contribution >= 4 is 21.5 Å². The standard InChI is InChI=1S/C46H34O2/c1-47-45-41(35-25-21-33(22-26-35)31-13-5-3-6-14-31)29-37-17-9-11-19-39(37)43(45)44-40-20-12-10-18-38(40)30-42(46(44)48-2)36-27-23-34(24-28-36)32-15-7-4-8-16-32/h3-30H,1-2H3. The predicted molar refractivity (Wildman–Crippen MR) is 202 cm³/mol. The number of hydrogen-bond acceptors (Lipinski definition) is 2. The third-order valence-corrected chi connectivity index (χ3v) is 9.27. The van der Waals surface area contributed by atoms with E-state index in [2.05, 4.69) is 158 Å². The van der Waals surface area contributed by atoms with Gasteiger partial charge in [0.15, 0.2) is 0 Å². The second-order valence-corrected chi connectivity index (χ2v) is 12.0. The molecule has 0 saturated heterocycles. The number of benzene rings is 8. The molecule has 48 heavy (non-hydrogen) atoms. The van der Waals surface area contributed by atoms with Crippen LogP contribution in [0.5, 0.6) is 11.5 Å². The van der Waals surface area contributed by atoms with Crippen molar-refractivity contribution in [3.8, 4) is 67.1 Å². The van der Waals surface area contributed by atoms with Crippen LogP contribution in [0.4, 0.5) is 0 Å². The van der Waals surface area contributed by atoms with Gasteiger partial charge in [-0.05, 0) is 67.1 Å². The maximum absolute atomic E-state index is 6.41. The molecule has 0 bridgehead atoms. The molecule has 0 aliphatic rings. The zero-order chi connectivity index (χ0) is 32.5. The minimum absolute atomic E-state index is 0.821. The van der Waals surface area contributed by atoms with Crippen LogP contribution in [0.1, 0.15) is 0 Å². The zero-order valence-electron chi connectivity index (χ0n) is 27.0. The minimum atomic E-state index is 0.821. The molecule has 0 radical (unpaired) electrons. The smallest absolute Gasteiger partial charge is 0.135 e. The lowest BCUT2D eigenvalue weighted by molar-refractivity contribution is 0.413. The van der Waals surface area contributed by atoms with E-state index >= 15 is 0 Å². The molecule has 0 heterocycles. The molecule has 2 heteroatoms. The first kappa shape index (κ1) is 29.3. The van der Waals surface area contributed by atoms with Crippen LogP contribution in [-0.2, 0) is 0 Å². The highest BCUT2D eigenvalue weighted by atomic mass is 16.5. The van der Waals surface area contributed by atoms with Gasteiger partial charge in [-0.25, -0.2) is 0 Å². The molecule has 8 aromatic carbocycles. The van der Waals surface area contributed by atoms with E-state index < -0.39 is 0 Å².